The van der Waals surface area contributed by atoms with Gasteiger partial charge in [-0.15, -0.1) is 0 Å². The summed E-state index contributed by atoms with van der Waals surface area (Å²) in [6.07, 6.45) is 2.55. The zero-order valence-electron chi connectivity index (χ0n) is 16.0. The fraction of sp³-hybridized carbons (Fsp3) is 0.167. The van der Waals surface area contributed by atoms with Gasteiger partial charge in [0.2, 0.25) is 11.8 Å². The molecule has 3 rings (SSSR count). The number of benzene rings is 2. The molecule has 1 amide bonds. The second-order valence-corrected chi connectivity index (χ2v) is 6.49. The van der Waals surface area contributed by atoms with Crippen molar-refractivity contribution >= 4 is 5.91 Å². The van der Waals surface area contributed by atoms with Crippen LogP contribution in [0.5, 0.6) is 11.6 Å². The van der Waals surface area contributed by atoms with Crippen molar-refractivity contribution in [2.24, 2.45) is 0 Å². The second-order valence-electron chi connectivity index (χ2n) is 6.49. The highest BCUT2D eigenvalue weighted by atomic mass is 16.5. The second kappa shape index (κ2) is 9.38. The van der Waals surface area contributed by atoms with Crippen molar-refractivity contribution < 1.29 is 9.53 Å². The number of hydrogen-bond acceptors (Lipinski definition) is 3. The van der Waals surface area contributed by atoms with E-state index in [4.69, 9.17) is 4.74 Å². The summed E-state index contributed by atoms with van der Waals surface area (Å²) in [5.74, 6) is 7.10. The maximum atomic E-state index is 11.0. The minimum Gasteiger partial charge on any atom is -0.439 e. The lowest BCUT2D eigenvalue weighted by Gasteiger charge is -2.06. The summed E-state index contributed by atoms with van der Waals surface area (Å²) in [5.41, 5.74) is 3.27. The molecule has 28 heavy (non-hydrogen) atoms. The molecule has 0 saturated carbocycles. The average Bonchev–Trinajstić information content (AvgIpc) is 2.69. The molecule has 0 fully saturated rings. The van der Waals surface area contributed by atoms with Crippen LogP contribution in [0.1, 0.15) is 30.5 Å². The lowest BCUT2D eigenvalue weighted by Crippen LogP contribution is -2.28. The smallest absolute Gasteiger partial charge is 0.219 e. The molecule has 0 aliphatic rings. The molecule has 0 aliphatic heterocycles. The molecule has 1 N–H and O–H groups in total. The Balaban J connectivity index is 1.58. The lowest BCUT2D eigenvalue weighted by molar-refractivity contribution is -0.119. The number of aromatic nitrogens is 1. The van der Waals surface area contributed by atoms with E-state index in [-0.39, 0.29) is 11.9 Å². The summed E-state index contributed by atoms with van der Waals surface area (Å²) < 4.78 is 5.80. The van der Waals surface area contributed by atoms with Crippen LogP contribution in [-0.4, -0.2) is 16.9 Å². The fourth-order valence-electron chi connectivity index (χ4n) is 2.67. The van der Waals surface area contributed by atoms with E-state index in [1.54, 1.807) is 12.3 Å². The zero-order chi connectivity index (χ0) is 19.8. The molecule has 3 aromatic rings. The molecular formula is C24H22N2O2. The van der Waals surface area contributed by atoms with Crippen LogP contribution in [0.25, 0.3) is 0 Å². The molecule has 2 aromatic carbocycles. The first-order valence-corrected chi connectivity index (χ1v) is 9.14. The zero-order valence-corrected chi connectivity index (χ0v) is 16.0. The van der Waals surface area contributed by atoms with Gasteiger partial charge in [0, 0.05) is 24.8 Å². The third kappa shape index (κ3) is 6.00. The Bertz CT molecular complexity index is 969. The number of carbonyl (C=O) groups is 1. The van der Waals surface area contributed by atoms with Gasteiger partial charge in [0.25, 0.3) is 0 Å². The van der Waals surface area contributed by atoms with Gasteiger partial charge in [-0.3, -0.25) is 4.79 Å². The molecule has 1 aromatic heterocycles. The van der Waals surface area contributed by atoms with Gasteiger partial charge in [-0.25, -0.2) is 4.98 Å². The number of hydrogen-bond donors (Lipinski definition) is 1. The topological polar surface area (TPSA) is 51.2 Å². The summed E-state index contributed by atoms with van der Waals surface area (Å²) in [4.78, 5) is 15.3. The van der Waals surface area contributed by atoms with E-state index in [1.807, 2.05) is 43.3 Å². The van der Waals surface area contributed by atoms with Crippen LogP contribution < -0.4 is 10.1 Å². The van der Waals surface area contributed by atoms with Gasteiger partial charge in [-0.2, -0.15) is 0 Å². The van der Waals surface area contributed by atoms with Crippen LogP contribution in [-0.2, 0) is 11.2 Å². The molecule has 0 saturated heterocycles. The summed E-state index contributed by atoms with van der Waals surface area (Å²) >= 11 is 0. The monoisotopic (exact) mass is 370 g/mol. The van der Waals surface area contributed by atoms with Crippen molar-refractivity contribution in [3.8, 4) is 23.5 Å². The molecule has 140 valence electrons. The Kier molecular flexibility index (Phi) is 6.43. The molecular weight excluding hydrogens is 348 g/mol. The molecule has 0 radical (unpaired) electrons. The van der Waals surface area contributed by atoms with Crippen LogP contribution in [0.15, 0.2) is 72.9 Å². The number of carbonyl (C=O) groups excluding carboxylic acids is 1. The minimum atomic E-state index is -0.206. The third-order valence-corrected chi connectivity index (χ3v) is 3.99. The van der Waals surface area contributed by atoms with E-state index in [1.165, 1.54) is 18.1 Å². The van der Waals surface area contributed by atoms with Crippen LogP contribution >= 0.6 is 0 Å². The number of ether oxygens (including phenoxy) is 1. The summed E-state index contributed by atoms with van der Waals surface area (Å²) in [6.45, 7) is 3.31. The fourth-order valence-corrected chi connectivity index (χ4v) is 2.67. The molecule has 4 heteroatoms. The standard InChI is InChI=1S/C24H22N2O2/c1-18(26-19(2)27)8-9-22-12-15-24(25-17-22)28-23-13-10-21(11-14-23)16-20-6-4-3-5-7-20/h3-7,10-15,17-18H,16H2,1-2H3,(H,26,27). The molecule has 4 nitrogen and oxygen atoms in total. The van der Waals surface area contributed by atoms with E-state index >= 15 is 0 Å². The Morgan fingerprint density at radius 2 is 1.75 bits per heavy atom. The van der Waals surface area contributed by atoms with Gasteiger partial charge in [0.05, 0.1) is 6.04 Å². The highest BCUT2D eigenvalue weighted by molar-refractivity contribution is 5.73. The van der Waals surface area contributed by atoms with Crippen LogP contribution in [0.3, 0.4) is 0 Å². The summed E-state index contributed by atoms with van der Waals surface area (Å²) in [5, 5.41) is 2.72. The Morgan fingerprint density at radius 3 is 2.39 bits per heavy atom. The Morgan fingerprint density at radius 1 is 1.04 bits per heavy atom. The molecule has 1 heterocycles. The number of amides is 1. The number of nitrogens with zero attached hydrogens (tertiary/aromatic N) is 1. The molecule has 0 bridgehead atoms. The number of nitrogens with one attached hydrogen (secondary N) is 1. The first-order valence-electron chi connectivity index (χ1n) is 9.14. The quantitative estimate of drug-likeness (QED) is 0.680. The first kappa shape index (κ1) is 19.2. The predicted octanol–water partition coefficient (Wildman–Crippen LogP) is 4.34. The van der Waals surface area contributed by atoms with Gasteiger partial charge in [-0.05, 0) is 42.7 Å². The first-order chi connectivity index (χ1) is 13.6. The predicted molar refractivity (Wildman–Crippen MR) is 110 cm³/mol. The maximum absolute atomic E-state index is 11.0. The van der Waals surface area contributed by atoms with E-state index < -0.39 is 0 Å². The number of pyridine rings is 1. The largest absolute Gasteiger partial charge is 0.439 e. The van der Waals surface area contributed by atoms with Gasteiger partial charge >= 0.3 is 0 Å². The lowest BCUT2D eigenvalue weighted by atomic mass is 10.1. The van der Waals surface area contributed by atoms with E-state index in [9.17, 15) is 4.79 Å². The maximum Gasteiger partial charge on any atom is 0.219 e. The number of rotatable bonds is 5. The van der Waals surface area contributed by atoms with Crippen LogP contribution in [0.4, 0.5) is 0 Å². The summed E-state index contributed by atoms with van der Waals surface area (Å²) in [7, 11) is 0. The highest BCUT2D eigenvalue weighted by Crippen LogP contribution is 2.21. The SMILES string of the molecule is CC(=O)NC(C)C#Cc1ccc(Oc2ccc(Cc3ccccc3)cc2)nc1. The molecule has 1 atom stereocenters. The Labute approximate surface area is 165 Å². The average molecular weight is 370 g/mol. The van der Waals surface area contributed by atoms with Crippen molar-refractivity contribution in [3.63, 3.8) is 0 Å². The van der Waals surface area contributed by atoms with Gasteiger partial charge in [0.1, 0.15) is 5.75 Å². The van der Waals surface area contributed by atoms with Crippen molar-refractivity contribution in [1.29, 1.82) is 0 Å². The van der Waals surface area contributed by atoms with Crippen LogP contribution in [0, 0.1) is 11.8 Å². The van der Waals surface area contributed by atoms with Crippen LogP contribution in [0.2, 0.25) is 0 Å². The van der Waals surface area contributed by atoms with E-state index in [0.29, 0.717) is 5.88 Å². The van der Waals surface area contributed by atoms with E-state index in [2.05, 4.69) is 46.4 Å². The normalized spacial score (nSPS) is 11.1. The third-order valence-electron chi connectivity index (χ3n) is 3.99. The van der Waals surface area contributed by atoms with E-state index in [0.717, 1.165) is 17.7 Å². The van der Waals surface area contributed by atoms with Gasteiger partial charge in [-0.1, -0.05) is 54.3 Å². The van der Waals surface area contributed by atoms with Gasteiger partial charge < -0.3 is 10.1 Å². The minimum absolute atomic E-state index is 0.0986. The van der Waals surface area contributed by atoms with Crippen molar-refractivity contribution in [1.82, 2.24) is 10.3 Å². The molecule has 0 spiro atoms. The molecule has 0 aliphatic carbocycles. The Hall–Kier alpha value is -3.58. The molecule has 1 unspecified atom stereocenters. The van der Waals surface area contributed by atoms with Gasteiger partial charge in [0.15, 0.2) is 0 Å². The van der Waals surface area contributed by atoms with Crippen molar-refractivity contribution in [3.05, 3.63) is 89.6 Å². The summed E-state index contributed by atoms with van der Waals surface area (Å²) in [6, 6.07) is 21.8. The highest BCUT2D eigenvalue weighted by Gasteiger charge is 2.01. The van der Waals surface area contributed by atoms with Crippen molar-refractivity contribution in [2.75, 3.05) is 0 Å². The van der Waals surface area contributed by atoms with Crippen molar-refractivity contribution in [2.45, 2.75) is 26.3 Å².